The zero-order chi connectivity index (χ0) is 16.7. The molecule has 2 heterocycles. The Hall–Kier alpha value is -2.37. The van der Waals surface area contributed by atoms with Crippen LogP contribution in [0.5, 0.6) is 0 Å². The predicted octanol–water partition coefficient (Wildman–Crippen LogP) is 2.02. The van der Waals surface area contributed by atoms with Crippen LogP contribution >= 0.6 is 0 Å². The van der Waals surface area contributed by atoms with Gasteiger partial charge in [0.1, 0.15) is 0 Å². The van der Waals surface area contributed by atoms with E-state index in [2.05, 4.69) is 22.1 Å². The van der Waals surface area contributed by atoms with Gasteiger partial charge in [0.05, 0.1) is 12.2 Å². The van der Waals surface area contributed by atoms with Crippen LogP contribution in [-0.4, -0.2) is 32.0 Å². The van der Waals surface area contributed by atoms with Crippen molar-refractivity contribution >= 4 is 5.91 Å². The Balaban J connectivity index is 1.72. The van der Waals surface area contributed by atoms with Gasteiger partial charge in [-0.15, -0.1) is 6.58 Å². The first-order chi connectivity index (χ1) is 11.1. The molecule has 0 aromatic carbocycles. The third kappa shape index (κ3) is 4.81. The molecule has 1 N–H and O–H groups in total. The number of carbonyl (C=O) groups excluding carboxylic acids is 1. The highest BCUT2D eigenvalue weighted by Gasteiger charge is 2.12. The number of carbonyl (C=O) groups is 1. The molecule has 0 spiro atoms. The summed E-state index contributed by atoms with van der Waals surface area (Å²) in [6, 6.07) is 1.90. The number of aromatic nitrogens is 4. The number of nitrogens with zero attached hydrogens (tertiary/aromatic N) is 4. The Morgan fingerprint density at radius 3 is 2.96 bits per heavy atom. The minimum absolute atomic E-state index is 0.0840. The zero-order valence-corrected chi connectivity index (χ0v) is 14.0. The summed E-state index contributed by atoms with van der Waals surface area (Å²) < 4.78 is 3.80. The van der Waals surface area contributed by atoms with Crippen LogP contribution < -0.4 is 5.32 Å². The topological polar surface area (TPSA) is 64.7 Å². The van der Waals surface area contributed by atoms with Gasteiger partial charge < -0.3 is 5.32 Å². The molecular formula is C17H25N5O. The molecule has 2 aromatic heterocycles. The van der Waals surface area contributed by atoms with E-state index in [4.69, 9.17) is 0 Å². The third-order valence-corrected chi connectivity index (χ3v) is 3.88. The van der Waals surface area contributed by atoms with Crippen LogP contribution in [-0.2, 0) is 24.3 Å². The molecule has 6 heteroatoms. The number of nitrogens with one attached hydrogen (secondary N) is 1. The average molecular weight is 315 g/mol. The standard InChI is InChI=1S/C17H25N5O/c1-4-11-22-15(3)16(14(2)20-22)7-8-17(23)18-9-5-12-21-13-6-10-19-21/h4,6,10,13H,1,5,7-9,11-12H2,2-3H3,(H,18,23). The van der Waals surface area contributed by atoms with Crippen LogP contribution in [0.1, 0.15) is 29.8 Å². The molecule has 0 radical (unpaired) electrons. The number of hydrogen-bond donors (Lipinski definition) is 1. The number of amides is 1. The molecule has 2 aromatic rings. The molecular weight excluding hydrogens is 290 g/mol. The lowest BCUT2D eigenvalue weighted by Gasteiger charge is -2.06. The quantitative estimate of drug-likeness (QED) is 0.569. The highest BCUT2D eigenvalue weighted by molar-refractivity contribution is 5.76. The molecule has 0 atom stereocenters. The SMILES string of the molecule is C=CCn1nc(C)c(CCC(=O)NCCCn2cccn2)c1C. The number of hydrogen-bond acceptors (Lipinski definition) is 3. The maximum absolute atomic E-state index is 12.0. The highest BCUT2D eigenvalue weighted by atomic mass is 16.1. The Bertz CT molecular complexity index is 642. The first-order valence-corrected chi connectivity index (χ1v) is 7.99. The fraction of sp³-hybridized carbons (Fsp3) is 0.471. The van der Waals surface area contributed by atoms with E-state index in [1.54, 1.807) is 6.20 Å². The first kappa shape index (κ1) is 17.0. The molecule has 0 saturated heterocycles. The van der Waals surface area contributed by atoms with Crippen molar-refractivity contribution in [3.8, 4) is 0 Å². The number of aryl methyl sites for hydroxylation is 2. The van der Waals surface area contributed by atoms with Crippen molar-refractivity contribution in [1.29, 1.82) is 0 Å². The average Bonchev–Trinajstić information content (AvgIpc) is 3.12. The molecule has 1 amide bonds. The maximum atomic E-state index is 12.0. The van der Waals surface area contributed by atoms with Crippen LogP contribution in [0.4, 0.5) is 0 Å². The van der Waals surface area contributed by atoms with Gasteiger partial charge in [-0.3, -0.25) is 14.2 Å². The summed E-state index contributed by atoms with van der Waals surface area (Å²) in [4.78, 5) is 12.0. The molecule has 124 valence electrons. The second-order valence-corrected chi connectivity index (χ2v) is 5.59. The summed E-state index contributed by atoms with van der Waals surface area (Å²) >= 11 is 0. The van der Waals surface area contributed by atoms with Crippen molar-refractivity contribution < 1.29 is 4.79 Å². The fourth-order valence-corrected chi connectivity index (χ4v) is 2.62. The summed E-state index contributed by atoms with van der Waals surface area (Å²) in [5.41, 5.74) is 3.28. The lowest BCUT2D eigenvalue weighted by Crippen LogP contribution is -2.25. The molecule has 23 heavy (non-hydrogen) atoms. The van der Waals surface area contributed by atoms with Gasteiger partial charge in [0.15, 0.2) is 0 Å². The van der Waals surface area contributed by atoms with Gasteiger partial charge in [0, 0.05) is 37.6 Å². The van der Waals surface area contributed by atoms with Crippen LogP contribution in [0.15, 0.2) is 31.1 Å². The summed E-state index contributed by atoms with van der Waals surface area (Å²) in [5.74, 6) is 0.0840. The van der Waals surface area contributed by atoms with E-state index in [0.29, 0.717) is 19.5 Å². The highest BCUT2D eigenvalue weighted by Crippen LogP contribution is 2.15. The van der Waals surface area contributed by atoms with Gasteiger partial charge in [0.25, 0.3) is 0 Å². The molecule has 2 rings (SSSR count). The summed E-state index contributed by atoms with van der Waals surface area (Å²) in [6.07, 6.45) is 7.60. The van der Waals surface area contributed by atoms with E-state index in [1.807, 2.05) is 41.6 Å². The molecule has 0 saturated carbocycles. The molecule has 0 unspecified atom stereocenters. The van der Waals surface area contributed by atoms with Crippen molar-refractivity contribution in [2.45, 2.75) is 46.2 Å². The van der Waals surface area contributed by atoms with Crippen LogP contribution in [0.3, 0.4) is 0 Å². The van der Waals surface area contributed by atoms with E-state index in [1.165, 1.54) is 5.56 Å². The second-order valence-electron chi connectivity index (χ2n) is 5.59. The van der Waals surface area contributed by atoms with Gasteiger partial charge in [-0.1, -0.05) is 6.08 Å². The molecule has 0 bridgehead atoms. The maximum Gasteiger partial charge on any atom is 0.220 e. The van der Waals surface area contributed by atoms with Crippen LogP contribution in [0, 0.1) is 13.8 Å². The summed E-state index contributed by atoms with van der Waals surface area (Å²) in [5, 5.41) is 11.6. The van der Waals surface area contributed by atoms with E-state index >= 15 is 0 Å². The predicted molar refractivity (Wildman–Crippen MR) is 90.1 cm³/mol. The Labute approximate surface area is 137 Å². The molecule has 0 fully saturated rings. The van der Waals surface area contributed by atoms with E-state index in [0.717, 1.165) is 30.8 Å². The van der Waals surface area contributed by atoms with Gasteiger partial charge in [-0.25, -0.2) is 0 Å². The van der Waals surface area contributed by atoms with Crippen molar-refractivity contribution in [3.63, 3.8) is 0 Å². The lowest BCUT2D eigenvalue weighted by atomic mass is 10.1. The van der Waals surface area contributed by atoms with E-state index < -0.39 is 0 Å². The number of allylic oxidation sites excluding steroid dienone is 1. The Morgan fingerprint density at radius 1 is 1.43 bits per heavy atom. The molecule has 0 aliphatic carbocycles. The van der Waals surface area contributed by atoms with Gasteiger partial charge >= 0.3 is 0 Å². The van der Waals surface area contributed by atoms with Crippen molar-refractivity contribution in [2.75, 3.05) is 6.54 Å². The largest absolute Gasteiger partial charge is 0.356 e. The monoisotopic (exact) mass is 315 g/mol. The van der Waals surface area contributed by atoms with Crippen molar-refractivity contribution in [2.24, 2.45) is 0 Å². The van der Waals surface area contributed by atoms with Crippen molar-refractivity contribution in [3.05, 3.63) is 48.1 Å². The van der Waals surface area contributed by atoms with Crippen LogP contribution in [0.25, 0.3) is 0 Å². The minimum atomic E-state index is 0.0840. The van der Waals surface area contributed by atoms with Crippen molar-refractivity contribution in [1.82, 2.24) is 24.9 Å². The van der Waals surface area contributed by atoms with Gasteiger partial charge in [0.2, 0.25) is 5.91 Å². The fourth-order valence-electron chi connectivity index (χ4n) is 2.62. The lowest BCUT2D eigenvalue weighted by molar-refractivity contribution is -0.121. The van der Waals surface area contributed by atoms with E-state index in [-0.39, 0.29) is 5.91 Å². The normalized spacial score (nSPS) is 10.7. The minimum Gasteiger partial charge on any atom is -0.356 e. The molecule has 0 aliphatic rings. The summed E-state index contributed by atoms with van der Waals surface area (Å²) in [7, 11) is 0. The zero-order valence-electron chi connectivity index (χ0n) is 14.0. The van der Waals surface area contributed by atoms with Gasteiger partial charge in [-0.05, 0) is 38.3 Å². The van der Waals surface area contributed by atoms with Crippen LogP contribution in [0.2, 0.25) is 0 Å². The number of rotatable bonds is 9. The smallest absolute Gasteiger partial charge is 0.220 e. The summed E-state index contributed by atoms with van der Waals surface area (Å²) in [6.45, 7) is 9.96. The van der Waals surface area contributed by atoms with E-state index in [9.17, 15) is 4.79 Å². The Morgan fingerprint density at radius 2 is 2.26 bits per heavy atom. The molecule has 0 aliphatic heterocycles. The van der Waals surface area contributed by atoms with Gasteiger partial charge in [-0.2, -0.15) is 10.2 Å². The third-order valence-electron chi connectivity index (χ3n) is 3.88. The Kier molecular flexibility index (Phi) is 6.14. The molecule has 6 nitrogen and oxygen atoms in total. The first-order valence-electron chi connectivity index (χ1n) is 7.99. The second kappa shape index (κ2) is 8.31.